The summed E-state index contributed by atoms with van der Waals surface area (Å²) in [4.78, 5) is 14.6. The Bertz CT molecular complexity index is 459. The third kappa shape index (κ3) is 5.72. The second-order valence-corrected chi connectivity index (χ2v) is 7.37. The molecule has 0 spiro atoms. The van der Waals surface area contributed by atoms with E-state index in [9.17, 15) is 15.0 Å². The molecule has 0 saturated carbocycles. The molecule has 0 radical (unpaired) electrons. The number of carbonyl (C=O) groups is 1. The molecule has 0 aliphatic carbocycles. The largest absolute Gasteiger partial charge is 0.394 e. The lowest BCUT2D eigenvalue weighted by Crippen LogP contribution is -2.54. The maximum Gasteiger partial charge on any atom is 0.142 e. The van der Waals surface area contributed by atoms with Crippen molar-refractivity contribution in [1.29, 1.82) is 0 Å². The van der Waals surface area contributed by atoms with Crippen LogP contribution < -0.4 is 0 Å². The van der Waals surface area contributed by atoms with Gasteiger partial charge in [-0.2, -0.15) is 0 Å². The molecule has 5 unspecified atom stereocenters. The second-order valence-electron chi connectivity index (χ2n) is 7.37. The molecule has 8 heteroatoms. The Kier molecular flexibility index (Phi) is 8.12. The van der Waals surface area contributed by atoms with Gasteiger partial charge in [-0.25, -0.2) is 0 Å². The van der Waals surface area contributed by atoms with E-state index in [1.807, 2.05) is 20.8 Å². The summed E-state index contributed by atoms with van der Waals surface area (Å²) in [5.74, 6) is -0.311. The van der Waals surface area contributed by atoms with Gasteiger partial charge in [0.25, 0.3) is 0 Å². The number of aliphatic hydroxyl groups is 3. The molecule has 1 saturated heterocycles. The molecule has 0 aromatic carbocycles. The van der Waals surface area contributed by atoms with Gasteiger partial charge in [0.15, 0.2) is 0 Å². The minimum absolute atomic E-state index is 0.219. The van der Waals surface area contributed by atoms with Crippen molar-refractivity contribution >= 4 is 5.78 Å². The molecule has 1 aliphatic heterocycles. The van der Waals surface area contributed by atoms with E-state index in [0.29, 0.717) is 12.8 Å². The minimum atomic E-state index is -1.22. The summed E-state index contributed by atoms with van der Waals surface area (Å²) in [6.45, 7) is 5.23. The van der Waals surface area contributed by atoms with Gasteiger partial charge in [0, 0.05) is 22.7 Å². The maximum atomic E-state index is 11.9. The monoisotopic (exact) mass is 343 g/mol. The quantitative estimate of drug-likeness (QED) is 0.268. The zero-order valence-corrected chi connectivity index (χ0v) is 14.6. The number of hydrogen-bond acceptors (Lipinski definition) is 6. The van der Waals surface area contributed by atoms with Crippen LogP contribution in [-0.2, 0) is 9.53 Å². The lowest BCUT2D eigenvalue weighted by molar-refractivity contribution is -0.208. The predicted octanol–water partition coefficient (Wildman–Crippen LogP) is 1.92. The number of aliphatic hydroxyl groups excluding tert-OH is 3. The molecule has 0 aromatic rings. The summed E-state index contributed by atoms with van der Waals surface area (Å²) < 4.78 is 5.38. The first-order valence-electron chi connectivity index (χ1n) is 8.42. The van der Waals surface area contributed by atoms with Gasteiger partial charge in [-0.05, 0) is 18.4 Å². The Balaban J connectivity index is 2.49. The molecule has 0 amide bonds. The summed E-state index contributed by atoms with van der Waals surface area (Å²) in [6, 6.07) is 0. The molecule has 1 fully saturated rings. The number of rotatable bonds is 8. The molecule has 3 N–H and O–H groups in total. The number of carbonyl (C=O) groups excluding carboxylic acids is 1. The van der Waals surface area contributed by atoms with Crippen LogP contribution in [0, 0.1) is 11.3 Å². The molecule has 138 valence electrons. The van der Waals surface area contributed by atoms with E-state index in [1.54, 1.807) is 0 Å². The Morgan fingerprint density at radius 3 is 2.42 bits per heavy atom. The van der Waals surface area contributed by atoms with Gasteiger partial charge >= 0.3 is 0 Å². The molecule has 1 aliphatic rings. The molecular weight excluding hydrogens is 314 g/mol. The van der Waals surface area contributed by atoms with Crippen molar-refractivity contribution in [3.63, 3.8) is 0 Å². The number of ketones is 1. The number of hydrogen-bond donors (Lipinski definition) is 3. The highest BCUT2D eigenvalue weighted by atomic mass is 16.5. The van der Waals surface area contributed by atoms with E-state index in [-0.39, 0.29) is 11.2 Å². The summed E-state index contributed by atoms with van der Waals surface area (Å²) in [7, 11) is 0. The predicted molar refractivity (Wildman–Crippen MR) is 87.9 cm³/mol. The van der Waals surface area contributed by atoms with Crippen molar-refractivity contribution in [2.75, 3.05) is 6.61 Å². The number of unbranched alkanes of at least 4 members (excludes halogenated alkanes) is 2. The maximum absolute atomic E-state index is 11.9. The Morgan fingerprint density at radius 1 is 1.21 bits per heavy atom. The topological polar surface area (TPSA) is 136 Å². The van der Waals surface area contributed by atoms with Gasteiger partial charge in [-0.15, -0.1) is 0 Å². The van der Waals surface area contributed by atoms with Crippen LogP contribution in [0.2, 0.25) is 0 Å². The summed E-state index contributed by atoms with van der Waals surface area (Å²) in [5.41, 5.74) is 8.30. The summed E-state index contributed by atoms with van der Waals surface area (Å²) in [5, 5.41) is 32.8. The van der Waals surface area contributed by atoms with Gasteiger partial charge in [0.05, 0.1) is 12.7 Å². The van der Waals surface area contributed by atoms with Gasteiger partial charge in [0.1, 0.15) is 24.2 Å². The van der Waals surface area contributed by atoms with Crippen molar-refractivity contribution in [2.45, 2.75) is 77.4 Å². The van der Waals surface area contributed by atoms with Gasteiger partial charge in [-0.3, -0.25) is 4.79 Å². The molecule has 1 heterocycles. The van der Waals surface area contributed by atoms with Crippen molar-refractivity contribution in [2.24, 2.45) is 16.4 Å². The standard InChI is InChI=1S/C16H29N3O5/c1-16(2,3)12(21)8-6-4-5-7-10-13(22)14(23)11(9-20)24-15(10)18-19-17/h10-11,13-15,20,22-23H,4-9H2,1-3H3. The second kappa shape index (κ2) is 9.34. The fraction of sp³-hybridized carbons (Fsp3) is 0.938. The first-order chi connectivity index (χ1) is 11.2. The van der Waals surface area contributed by atoms with E-state index < -0.39 is 37.1 Å². The normalized spacial score (nSPS) is 30.7. The van der Waals surface area contributed by atoms with Crippen LogP contribution in [-0.4, -0.2) is 52.2 Å². The smallest absolute Gasteiger partial charge is 0.142 e. The van der Waals surface area contributed by atoms with E-state index in [1.165, 1.54) is 0 Å². The Hall–Kier alpha value is -1.18. The third-order valence-electron chi connectivity index (χ3n) is 4.47. The lowest BCUT2D eigenvalue weighted by atomic mass is 9.85. The van der Waals surface area contributed by atoms with Crippen LogP contribution in [0.3, 0.4) is 0 Å². The van der Waals surface area contributed by atoms with E-state index in [0.717, 1.165) is 19.3 Å². The van der Waals surface area contributed by atoms with Crippen molar-refractivity contribution in [3.05, 3.63) is 10.4 Å². The van der Waals surface area contributed by atoms with Crippen LogP contribution in [0.1, 0.15) is 52.9 Å². The minimum Gasteiger partial charge on any atom is -0.394 e. The van der Waals surface area contributed by atoms with Crippen LogP contribution in [0.25, 0.3) is 10.4 Å². The molecule has 0 aromatic heterocycles. The van der Waals surface area contributed by atoms with E-state index in [2.05, 4.69) is 10.0 Å². The number of nitrogens with zero attached hydrogens (tertiary/aromatic N) is 3. The average Bonchev–Trinajstić information content (AvgIpc) is 2.51. The third-order valence-corrected chi connectivity index (χ3v) is 4.47. The Labute approximate surface area is 142 Å². The fourth-order valence-electron chi connectivity index (χ4n) is 2.85. The highest BCUT2D eigenvalue weighted by Crippen LogP contribution is 2.31. The molecule has 5 atom stereocenters. The van der Waals surface area contributed by atoms with E-state index in [4.69, 9.17) is 15.4 Å². The lowest BCUT2D eigenvalue weighted by Gasteiger charge is -2.40. The van der Waals surface area contributed by atoms with Crippen LogP contribution >= 0.6 is 0 Å². The molecular formula is C16H29N3O5. The molecule has 8 nitrogen and oxygen atoms in total. The van der Waals surface area contributed by atoms with Crippen molar-refractivity contribution in [1.82, 2.24) is 0 Å². The average molecular weight is 343 g/mol. The SMILES string of the molecule is CC(C)(C)C(=O)CCCCCC1C(N=[N+]=[N-])OC(CO)C(O)C1O. The van der Waals surface area contributed by atoms with Gasteiger partial charge in [0.2, 0.25) is 0 Å². The first kappa shape index (κ1) is 20.9. The van der Waals surface area contributed by atoms with Crippen LogP contribution in [0.15, 0.2) is 5.11 Å². The number of azide groups is 1. The zero-order chi connectivity index (χ0) is 18.3. The van der Waals surface area contributed by atoms with Crippen LogP contribution in [0.5, 0.6) is 0 Å². The zero-order valence-electron chi connectivity index (χ0n) is 14.6. The summed E-state index contributed by atoms with van der Waals surface area (Å²) in [6.07, 6.45) is -0.919. The van der Waals surface area contributed by atoms with Gasteiger partial charge in [-0.1, -0.05) is 38.7 Å². The number of ether oxygens (including phenoxy) is 1. The van der Waals surface area contributed by atoms with E-state index >= 15 is 0 Å². The van der Waals surface area contributed by atoms with Crippen LogP contribution in [0.4, 0.5) is 0 Å². The first-order valence-corrected chi connectivity index (χ1v) is 8.42. The highest BCUT2D eigenvalue weighted by molar-refractivity contribution is 5.83. The molecule has 24 heavy (non-hydrogen) atoms. The Morgan fingerprint density at radius 2 is 1.88 bits per heavy atom. The fourth-order valence-corrected chi connectivity index (χ4v) is 2.85. The van der Waals surface area contributed by atoms with Crippen molar-refractivity contribution < 1.29 is 24.9 Å². The summed E-state index contributed by atoms with van der Waals surface area (Å²) >= 11 is 0. The molecule has 0 bridgehead atoms. The molecule has 1 rings (SSSR count). The highest BCUT2D eigenvalue weighted by Gasteiger charge is 2.43. The van der Waals surface area contributed by atoms with Gasteiger partial charge < -0.3 is 20.1 Å². The number of Topliss-reactive ketones (excluding diaryl/α,β-unsaturated/α-hetero) is 1. The van der Waals surface area contributed by atoms with Crippen molar-refractivity contribution in [3.8, 4) is 0 Å².